The van der Waals surface area contributed by atoms with Crippen molar-refractivity contribution >= 4 is 15.9 Å². The van der Waals surface area contributed by atoms with Crippen molar-refractivity contribution in [2.45, 2.75) is 25.1 Å². The summed E-state index contributed by atoms with van der Waals surface area (Å²) in [6, 6.07) is 15.8. The van der Waals surface area contributed by atoms with Crippen molar-refractivity contribution in [3.63, 3.8) is 0 Å². The minimum atomic E-state index is 0.405. The second-order valence-electron chi connectivity index (χ2n) is 4.45. The van der Waals surface area contributed by atoms with Crippen LogP contribution >= 0.6 is 15.9 Å². The van der Waals surface area contributed by atoms with Crippen LogP contribution in [0, 0.1) is 0 Å². The van der Waals surface area contributed by atoms with Gasteiger partial charge < -0.3 is 9.47 Å². The Morgan fingerprint density at radius 1 is 0.850 bits per heavy atom. The van der Waals surface area contributed by atoms with Crippen molar-refractivity contribution in [2.75, 3.05) is 6.61 Å². The average Bonchev–Trinajstić information content (AvgIpc) is 2.49. The molecular weight excluding hydrogens is 316 g/mol. The van der Waals surface area contributed by atoms with Crippen LogP contribution in [-0.4, -0.2) is 6.61 Å². The number of alkyl halides is 1. The van der Waals surface area contributed by atoms with Crippen molar-refractivity contribution < 1.29 is 9.47 Å². The van der Waals surface area contributed by atoms with Crippen LogP contribution in [0.2, 0.25) is 0 Å². The molecule has 2 aromatic rings. The largest absolute Gasteiger partial charge is 0.494 e. The minimum absolute atomic E-state index is 0.405. The van der Waals surface area contributed by atoms with E-state index in [-0.39, 0.29) is 0 Å². The van der Waals surface area contributed by atoms with Gasteiger partial charge in [-0.2, -0.15) is 0 Å². The normalized spacial score (nSPS) is 11.9. The number of hydrogen-bond donors (Lipinski definition) is 0. The molecule has 0 saturated heterocycles. The third-order valence-corrected chi connectivity index (χ3v) is 4.15. The second-order valence-corrected chi connectivity index (χ2v) is 5.56. The van der Waals surface area contributed by atoms with Gasteiger partial charge in [-0.25, -0.2) is 0 Å². The smallest absolute Gasteiger partial charge is 0.127 e. The van der Waals surface area contributed by atoms with Gasteiger partial charge in [-0.3, -0.25) is 0 Å². The molecule has 0 aliphatic carbocycles. The molecule has 0 amide bonds. The number of ether oxygens (including phenoxy) is 2. The summed E-state index contributed by atoms with van der Waals surface area (Å²) in [6.07, 6.45) is 1.07. The van der Waals surface area contributed by atoms with E-state index in [1.54, 1.807) is 0 Å². The molecule has 0 bridgehead atoms. The lowest BCUT2D eigenvalue weighted by Crippen LogP contribution is -1.91. The highest BCUT2D eigenvalue weighted by atomic mass is 79.9. The summed E-state index contributed by atoms with van der Waals surface area (Å²) >= 11 is 3.64. The lowest BCUT2D eigenvalue weighted by molar-refractivity contribution is 0.339. The minimum Gasteiger partial charge on any atom is -0.494 e. The first-order chi connectivity index (χ1) is 9.72. The summed E-state index contributed by atoms with van der Waals surface area (Å²) in [6.45, 7) is 4.80. The molecule has 0 N–H and O–H groups in total. The fraction of sp³-hybridized carbons (Fsp3) is 0.294. The monoisotopic (exact) mass is 334 g/mol. The molecule has 0 spiro atoms. The van der Waals surface area contributed by atoms with Crippen molar-refractivity contribution in [1.82, 2.24) is 0 Å². The molecule has 0 fully saturated rings. The molecule has 2 aromatic carbocycles. The molecule has 0 heterocycles. The van der Waals surface area contributed by atoms with Crippen LogP contribution in [0.5, 0.6) is 17.2 Å². The maximum absolute atomic E-state index is 5.81. The highest BCUT2D eigenvalue weighted by Gasteiger charge is 2.05. The van der Waals surface area contributed by atoms with Gasteiger partial charge in [0.15, 0.2) is 0 Å². The summed E-state index contributed by atoms with van der Waals surface area (Å²) in [5.74, 6) is 2.51. The Labute approximate surface area is 128 Å². The predicted molar refractivity (Wildman–Crippen MR) is 86.1 cm³/mol. The van der Waals surface area contributed by atoms with Gasteiger partial charge in [-0.15, -0.1) is 0 Å². The molecule has 2 nitrogen and oxygen atoms in total. The number of hydrogen-bond acceptors (Lipinski definition) is 2. The molecule has 3 heteroatoms. The third kappa shape index (κ3) is 4.01. The van der Waals surface area contributed by atoms with Gasteiger partial charge in [0.25, 0.3) is 0 Å². The second kappa shape index (κ2) is 7.34. The zero-order valence-electron chi connectivity index (χ0n) is 11.8. The fourth-order valence-corrected chi connectivity index (χ4v) is 2.19. The van der Waals surface area contributed by atoms with E-state index < -0.39 is 0 Å². The fourth-order valence-electron chi connectivity index (χ4n) is 1.89. The topological polar surface area (TPSA) is 18.5 Å². The number of rotatable bonds is 6. The van der Waals surface area contributed by atoms with Crippen molar-refractivity contribution in [2.24, 2.45) is 0 Å². The van der Waals surface area contributed by atoms with Gasteiger partial charge >= 0.3 is 0 Å². The average molecular weight is 335 g/mol. The number of halogens is 1. The number of benzene rings is 2. The van der Waals surface area contributed by atoms with Crippen LogP contribution in [0.3, 0.4) is 0 Å². The maximum atomic E-state index is 5.81. The van der Waals surface area contributed by atoms with Gasteiger partial charge in [-0.05, 0) is 55.3 Å². The first-order valence-electron chi connectivity index (χ1n) is 6.87. The molecule has 0 radical (unpaired) electrons. The lowest BCUT2D eigenvalue weighted by Gasteiger charge is -2.10. The Bertz CT molecular complexity index is 520. The quantitative estimate of drug-likeness (QED) is 0.628. The van der Waals surface area contributed by atoms with Gasteiger partial charge in [0, 0.05) is 4.83 Å². The van der Waals surface area contributed by atoms with Gasteiger partial charge in [0.2, 0.25) is 0 Å². The summed E-state index contributed by atoms with van der Waals surface area (Å²) in [4.78, 5) is 0.405. The van der Waals surface area contributed by atoms with E-state index in [0.717, 1.165) is 23.7 Å². The summed E-state index contributed by atoms with van der Waals surface area (Å²) < 4.78 is 11.2. The Hall–Kier alpha value is -1.48. The van der Waals surface area contributed by atoms with Crippen LogP contribution in [0.1, 0.15) is 30.7 Å². The van der Waals surface area contributed by atoms with Crippen LogP contribution in [0.15, 0.2) is 48.5 Å². The van der Waals surface area contributed by atoms with Crippen molar-refractivity contribution in [3.05, 3.63) is 54.1 Å². The molecular formula is C17H19BrO2. The maximum Gasteiger partial charge on any atom is 0.127 e. The zero-order chi connectivity index (χ0) is 14.4. The van der Waals surface area contributed by atoms with E-state index in [4.69, 9.17) is 9.47 Å². The van der Waals surface area contributed by atoms with E-state index in [0.29, 0.717) is 11.4 Å². The first-order valence-corrected chi connectivity index (χ1v) is 7.79. The van der Waals surface area contributed by atoms with Crippen LogP contribution in [-0.2, 0) is 0 Å². The van der Waals surface area contributed by atoms with Gasteiger partial charge in [0.1, 0.15) is 17.2 Å². The lowest BCUT2D eigenvalue weighted by atomic mass is 10.1. The Balaban J connectivity index is 2.02. The molecule has 20 heavy (non-hydrogen) atoms. The molecule has 0 aliphatic rings. The first kappa shape index (κ1) is 14.9. The molecule has 0 saturated carbocycles. The van der Waals surface area contributed by atoms with E-state index in [1.165, 1.54) is 5.56 Å². The highest BCUT2D eigenvalue weighted by molar-refractivity contribution is 9.09. The molecule has 2 rings (SSSR count). The molecule has 106 valence electrons. The SMILES string of the molecule is CCOc1ccc(Oc2ccc(C(Br)CC)cc2)cc1. The van der Waals surface area contributed by atoms with E-state index in [9.17, 15) is 0 Å². The van der Waals surface area contributed by atoms with E-state index in [2.05, 4.69) is 35.0 Å². The highest BCUT2D eigenvalue weighted by Crippen LogP contribution is 2.29. The summed E-state index contributed by atoms with van der Waals surface area (Å²) in [5.41, 5.74) is 1.27. The van der Waals surface area contributed by atoms with E-state index in [1.807, 2.05) is 43.3 Å². The van der Waals surface area contributed by atoms with Crippen LogP contribution in [0.25, 0.3) is 0 Å². The molecule has 1 atom stereocenters. The zero-order valence-corrected chi connectivity index (χ0v) is 13.4. The standard InChI is InChI=1S/C17H19BrO2/c1-3-17(18)13-5-7-15(8-6-13)20-16-11-9-14(10-12-16)19-4-2/h5-12,17H,3-4H2,1-2H3. The van der Waals surface area contributed by atoms with Crippen LogP contribution in [0.4, 0.5) is 0 Å². The Morgan fingerprint density at radius 3 is 1.85 bits per heavy atom. The molecule has 1 unspecified atom stereocenters. The summed E-state index contributed by atoms with van der Waals surface area (Å²) in [5, 5.41) is 0. The predicted octanol–water partition coefficient (Wildman–Crippen LogP) is 5.72. The Morgan fingerprint density at radius 2 is 1.35 bits per heavy atom. The Kier molecular flexibility index (Phi) is 5.48. The van der Waals surface area contributed by atoms with Gasteiger partial charge in [-0.1, -0.05) is 35.0 Å². The van der Waals surface area contributed by atoms with Crippen molar-refractivity contribution in [1.29, 1.82) is 0 Å². The van der Waals surface area contributed by atoms with Crippen molar-refractivity contribution in [3.8, 4) is 17.2 Å². The van der Waals surface area contributed by atoms with E-state index >= 15 is 0 Å². The molecule has 0 aliphatic heterocycles. The third-order valence-electron chi connectivity index (χ3n) is 2.97. The summed E-state index contributed by atoms with van der Waals surface area (Å²) in [7, 11) is 0. The molecule has 0 aromatic heterocycles. The van der Waals surface area contributed by atoms with Crippen LogP contribution < -0.4 is 9.47 Å². The van der Waals surface area contributed by atoms with Gasteiger partial charge in [0.05, 0.1) is 6.61 Å².